The molecule has 0 saturated heterocycles. The molecule has 3 nitrogen and oxygen atoms in total. The summed E-state index contributed by atoms with van der Waals surface area (Å²) in [4.78, 5) is 14.2. The smallest absolute Gasteiger partial charge is 0.223 e. The first-order valence-corrected chi connectivity index (χ1v) is 6.97. The Hall–Kier alpha value is -1.77. The second kappa shape index (κ2) is 5.08. The predicted molar refractivity (Wildman–Crippen MR) is 73.7 cm³/mol. The van der Waals surface area contributed by atoms with E-state index in [1.165, 1.54) is 5.56 Å². The van der Waals surface area contributed by atoms with Crippen LogP contribution in [0, 0.1) is 5.92 Å². The van der Waals surface area contributed by atoms with Crippen molar-refractivity contribution in [3.8, 4) is 5.75 Å². The number of carbonyl (C=O) groups is 1. The molecule has 1 unspecified atom stereocenters. The number of phenols is 1. The van der Waals surface area contributed by atoms with Crippen molar-refractivity contribution in [3.63, 3.8) is 0 Å². The van der Waals surface area contributed by atoms with Gasteiger partial charge in [0.15, 0.2) is 0 Å². The molecule has 3 heteroatoms. The summed E-state index contributed by atoms with van der Waals surface area (Å²) in [5.74, 6) is 0.954. The monoisotopic (exact) mass is 257 g/mol. The molecular formula is C16H19NO2. The van der Waals surface area contributed by atoms with Gasteiger partial charge >= 0.3 is 0 Å². The van der Waals surface area contributed by atoms with E-state index in [1.54, 1.807) is 12.1 Å². The highest BCUT2D eigenvalue weighted by atomic mass is 16.3. The molecule has 100 valence electrons. The number of carbonyl (C=O) groups excluding carboxylic acids is 1. The van der Waals surface area contributed by atoms with Gasteiger partial charge in [-0.15, -0.1) is 0 Å². The Labute approximate surface area is 113 Å². The second-order valence-electron chi connectivity index (χ2n) is 5.49. The summed E-state index contributed by atoms with van der Waals surface area (Å²) in [6.45, 7) is 1.44. The van der Waals surface area contributed by atoms with E-state index in [0.717, 1.165) is 31.4 Å². The van der Waals surface area contributed by atoms with Gasteiger partial charge in [-0.2, -0.15) is 0 Å². The van der Waals surface area contributed by atoms with Crippen molar-refractivity contribution in [2.24, 2.45) is 5.92 Å². The van der Waals surface area contributed by atoms with Crippen LogP contribution in [-0.4, -0.2) is 22.5 Å². The van der Waals surface area contributed by atoms with Gasteiger partial charge in [-0.25, -0.2) is 0 Å². The minimum Gasteiger partial charge on any atom is -0.508 e. The number of nitrogens with zero attached hydrogens (tertiary/aromatic N) is 1. The normalized spacial score (nSPS) is 21.5. The van der Waals surface area contributed by atoms with E-state index in [1.807, 2.05) is 11.0 Å². The van der Waals surface area contributed by atoms with Crippen LogP contribution < -0.4 is 0 Å². The summed E-state index contributed by atoms with van der Waals surface area (Å²) in [6, 6.07) is 5.47. The molecule has 0 spiro atoms. The molecule has 1 amide bonds. The summed E-state index contributed by atoms with van der Waals surface area (Å²) < 4.78 is 0. The third-order valence-electron chi connectivity index (χ3n) is 4.10. The first-order chi connectivity index (χ1) is 9.22. The van der Waals surface area contributed by atoms with E-state index < -0.39 is 0 Å². The van der Waals surface area contributed by atoms with E-state index in [2.05, 4.69) is 12.2 Å². The third-order valence-corrected chi connectivity index (χ3v) is 4.10. The number of allylic oxidation sites excluding steroid dienone is 2. The molecule has 1 aliphatic heterocycles. The molecule has 2 aliphatic rings. The Morgan fingerprint density at radius 1 is 1.37 bits per heavy atom. The molecule has 1 atom stereocenters. The molecule has 0 aromatic heterocycles. The van der Waals surface area contributed by atoms with Crippen molar-refractivity contribution in [1.82, 2.24) is 4.90 Å². The summed E-state index contributed by atoms with van der Waals surface area (Å²) >= 11 is 0. The Kier molecular flexibility index (Phi) is 3.28. The maximum atomic E-state index is 12.3. The average Bonchev–Trinajstić information content (AvgIpc) is 2.90. The highest BCUT2D eigenvalue weighted by Gasteiger charge is 2.23. The van der Waals surface area contributed by atoms with Crippen LogP contribution in [0.5, 0.6) is 5.75 Å². The summed E-state index contributed by atoms with van der Waals surface area (Å²) in [5, 5.41) is 9.53. The van der Waals surface area contributed by atoms with Crippen molar-refractivity contribution in [2.75, 3.05) is 6.54 Å². The van der Waals surface area contributed by atoms with Gasteiger partial charge in [-0.3, -0.25) is 4.79 Å². The molecular weight excluding hydrogens is 238 g/mol. The molecule has 1 aliphatic carbocycles. The number of aromatic hydroxyl groups is 1. The Bertz CT molecular complexity index is 521. The van der Waals surface area contributed by atoms with Gasteiger partial charge in [-0.1, -0.05) is 18.2 Å². The lowest BCUT2D eigenvalue weighted by atomic mass is 9.98. The summed E-state index contributed by atoms with van der Waals surface area (Å²) in [7, 11) is 0. The zero-order chi connectivity index (χ0) is 13.2. The maximum absolute atomic E-state index is 12.3. The van der Waals surface area contributed by atoms with E-state index in [9.17, 15) is 9.90 Å². The van der Waals surface area contributed by atoms with Crippen molar-refractivity contribution in [2.45, 2.75) is 32.2 Å². The fraction of sp³-hybridized carbons (Fsp3) is 0.438. The minimum atomic E-state index is 0.241. The molecule has 1 aromatic carbocycles. The fourth-order valence-electron chi connectivity index (χ4n) is 2.98. The number of amides is 1. The van der Waals surface area contributed by atoms with Gasteiger partial charge in [0, 0.05) is 19.5 Å². The average molecular weight is 257 g/mol. The largest absolute Gasteiger partial charge is 0.508 e. The SMILES string of the molecule is O=C(CC1C=CCC1)N1CCc2ccc(O)cc2C1. The first kappa shape index (κ1) is 12.3. The van der Waals surface area contributed by atoms with Crippen molar-refractivity contribution in [1.29, 1.82) is 0 Å². The maximum Gasteiger partial charge on any atom is 0.223 e. The molecule has 1 heterocycles. The van der Waals surface area contributed by atoms with Gasteiger partial charge < -0.3 is 10.0 Å². The lowest BCUT2D eigenvalue weighted by molar-refractivity contribution is -0.132. The number of phenolic OH excluding ortho intramolecular Hbond substituents is 1. The molecule has 1 aromatic rings. The van der Waals surface area contributed by atoms with E-state index in [0.29, 0.717) is 18.9 Å². The van der Waals surface area contributed by atoms with Crippen LogP contribution >= 0.6 is 0 Å². The zero-order valence-corrected chi connectivity index (χ0v) is 11.0. The van der Waals surface area contributed by atoms with Gasteiger partial charge in [0.05, 0.1) is 0 Å². The number of hydrogen-bond donors (Lipinski definition) is 1. The van der Waals surface area contributed by atoms with Crippen LogP contribution in [0.1, 0.15) is 30.4 Å². The van der Waals surface area contributed by atoms with Crippen LogP contribution in [-0.2, 0) is 17.8 Å². The molecule has 0 saturated carbocycles. The Balaban J connectivity index is 1.67. The Morgan fingerprint density at radius 2 is 2.26 bits per heavy atom. The van der Waals surface area contributed by atoms with E-state index in [4.69, 9.17) is 0 Å². The lowest BCUT2D eigenvalue weighted by Crippen LogP contribution is -2.36. The van der Waals surface area contributed by atoms with Crippen molar-refractivity contribution < 1.29 is 9.90 Å². The van der Waals surface area contributed by atoms with E-state index in [-0.39, 0.29) is 11.7 Å². The predicted octanol–water partition coefficient (Wildman–Crippen LogP) is 2.63. The van der Waals surface area contributed by atoms with Crippen LogP contribution in [0.25, 0.3) is 0 Å². The number of hydrogen-bond acceptors (Lipinski definition) is 2. The molecule has 19 heavy (non-hydrogen) atoms. The first-order valence-electron chi connectivity index (χ1n) is 6.97. The van der Waals surface area contributed by atoms with Gasteiger partial charge in [0.1, 0.15) is 5.75 Å². The van der Waals surface area contributed by atoms with E-state index >= 15 is 0 Å². The topological polar surface area (TPSA) is 40.5 Å². The number of fused-ring (bicyclic) bond motifs is 1. The zero-order valence-electron chi connectivity index (χ0n) is 11.0. The van der Waals surface area contributed by atoms with Crippen LogP contribution in [0.3, 0.4) is 0 Å². The summed E-state index contributed by atoms with van der Waals surface area (Å²) in [6.07, 6.45) is 8.07. The number of rotatable bonds is 2. The van der Waals surface area contributed by atoms with Crippen LogP contribution in [0.2, 0.25) is 0 Å². The Morgan fingerprint density at radius 3 is 3.05 bits per heavy atom. The molecule has 0 fully saturated rings. The van der Waals surface area contributed by atoms with Crippen molar-refractivity contribution in [3.05, 3.63) is 41.5 Å². The molecule has 0 bridgehead atoms. The van der Waals surface area contributed by atoms with Gasteiger partial charge in [0.2, 0.25) is 5.91 Å². The fourth-order valence-corrected chi connectivity index (χ4v) is 2.98. The van der Waals surface area contributed by atoms with Crippen molar-refractivity contribution >= 4 is 5.91 Å². The second-order valence-corrected chi connectivity index (χ2v) is 5.49. The minimum absolute atomic E-state index is 0.241. The van der Waals surface area contributed by atoms with Crippen LogP contribution in [0.15, 0.2) is 30.4 Å². The molecule has 1 N–H and O–H groups in total. The quantitative estimate of drug-likeness (QED) is 0.827. The van der Waals surface area contributed by atoms with Gasteiger partial charge in [-0.05, 0) is 48.4 Å². The molecule has 3 rings (SSSR count). The third kappa shape index (κ3) is 2.65. The van der Waals surface area contributed by atoms with Gasteiger partial charge in [0.25, 0.3) is 0 Å². The lowest BCUT2D eigenvalue weighted by Gasteiger charge is -2.29. The van der Waals surface area contributed by atoms with Crippen LogP contribution in [0.4, 0.5) is 0 Å². The highest BCUT2D eigenvalue weighted by Crippen LogP contribution is 2.26. The summed E-state index contributed by atoms with van der Waals surface area (Å²) in [5.41, 5.74) is 2.34. The highest BCUT2D eigenvalue weighted by molar-refractivity contribution is 5.77. The standard InChI is InChI=1S/C16H19NO2/c18-15-6-5-13-7-8-17(11-14(13)10-15)16(19)9-12-3-1-2-4-12/h1,3,5-6,10,12,18H,2,4,7-9,11H2. The molecule has 0 radical (unpaired) electrons. The number of benzene rings is 1.